The number of hydrogen-bond acceptors (Lipinski definition) is 13. The number of hydrogen-bond donors (Lipinski definition) is 3. The number of carbonyl (C=O) groups is 1. The first-order valence-electron chi connectivity index (χ1n) is 23.3. The van der Waals surface area contributed by atoms with Gasteiger partial charge in [0, 0.05) is 92.7 Å². The van der Waals surface area contributed by atoms with Crippen molar-refractivity contribution in [1.82, 2.24) is 24.5 Å². The van der Waals surface area contributed by atoms with Crippen molar-refractivity contribution in [2.45, 2.75) is 78.9 Å². The molecule has 9 rings (SSSR count). The minimum absolute atomic E-state index is 0.0205. The van der Waals surface area contributed by atoms with Crippen LogP contribution in [0.5, 0.6) is 11.5 Å². The molecule has 21 heteroatoms. The van der Waals surface area contributed by atoms with Crippen molar-refractivity contribution in [3.63, 3.8) is 0 Å². The molecule has 70 heavy (non-hydrogen) atoms. The molecule has 0 bridgehead atoms. The Kier molecular flexibility index (Phi) is 14.3. The molecule has 3 aromatic carbocycles. The summed E-state index contributed by atoms with van der Waals surface area (Å²) in [6.45, 7) is 10.6. The summed E-state index contributed by atoms with van der Waals surface area (Å²) < 4.78 is 117. The normalized spacial score (nSPS) is 20.9. The van der Waals surface area contributed by atoms with E-state index in [0.717, 1.165) is 37.2 Å². The lowest BCUT2D eigenvalue weighted by atomic mass is 9.87. The van der Waals surface area contributed by atoms with E-state index >= 15 is 0 Å². The summed E-state index contributed by atoms with van der Waals surface area (Å²) in [4.78, 5) is 26.4. The molecule has 2 aromatic heterocycles. The van der Waals surface area contributed by atoms with Crippen LogP contribution in [-0.4, -0.2) is 131 Å². The Labute approximate surface area is 410 Å². The van der Waals surface area contributed by atoms with Gasteiger partial charge in [-0.2, -0.15) is 13.2 Å². The summed E-state index contributed by atoms with van der Waals surface area (Å²) in [6.07, 6.45) is 6.05. The number of para-hydroxylation sites is 1. The highest BCUT2D eigenvalue weighted by atomic mass is 35.5. The molecule has 0 atom stereocenters. The van der Waals surface area contributed by atoms with Gasteiger partial charge in [-0.05, 0) is 105 Å². The second kappa shape index (κ2) is 20.1. The Morgan fingerprint density at radius 3 is 2.34 bits per heavy atom. The fourth-order valence-electron chi connectivity index (χ4n) is 9.78. The number of fused-ring (bicyclic) bond motifs is 1. The zero-order valence-corrected chi connectivity index (χ0v) is 41.1. The highest BCUT2D eigenvalue weighted by molar-refractivity contribution is 7.92. The van der Waals surface area contributed by atoms with E-state index in [1.807, 2.05) is 29.0 Å². The van der Waals surface area contributed by atoms with Crippen LogP contribution in [0.2, 0.25) is 5.02 Å². The number of sulfonamides is 1. The fourth-order valence-corrected chi connectivity index (χ4v) is 12.1. The van der Waals surface area contributed by atoms with E-state index in [4.69, 9.17) is 25.8 Å². The summed E-state index contributed by atoms with van der Waals surface area (Å²) in [5.74, 6) is -0.938. The minimum Gasteiger partial charge on any atom is -0.455 e. The van der Waals surface area contributed by atoms with Crippen LogP contribution < -0.4 is 19.7 Å². The molecule has 2 saturated heterocycles. The first-order valence-corrected chi connectivity index (χ1v) is 26.6. The summed E-state index contributed by atoms with van der Waals surface area (Å²) in [5.41, 5.74) is -2.20. The largest absolute Gasteiger partial charge is 0.501 e. The number of aromatic amines is 1. The monoisotopic (exact) mass is 1030 g/mol. The topological polar surface area (TPSA) is 175 Å². The lowest BCUT2D eigenvalue weighted by Crippen LogP contribution is -2.47. The quantitative estimate of drug-likeness (QED) is 0.103. The van der Waals surface area contributed by atoms with E-state index in [-0.39, 0.29) is 28.7 Å². The van der Waals surface area contributed by atoms with Crippen LogP contribution in [0, 0.1) is 0 Å². The molecular formula is C49H55ClF3N7O8S2. The molecule has 3 aliphatic heterocycles. The number of alkyl halides is 3. The average molecular weight is 1030 g/mol. The Morgan fingerprint density at radius 1 is 0.914 bits per heavy atom. The molecule has 5 aromatic rings. The first kappa shape index (κ1) is 49.7. The molecule has 0 spiro atoms. The molecule has 15 nitrogen and oxygen atoms in total. The van der Waals surface area contributed by atoms with Crippen molar-refractivity contribution in [1.29, 1.82) is 0 Å². The van der Waals surface area contributed by atoms with E-state index < -0.39 is 52.8 Å². The van der Waals surface area contributed by atoms with E-state index in [9.17, 15) is 34.8 Å². The van der Waals surface area contributed by atoms with Gasteiger partial charge < -0.3 is 29.4 Å². The third kappa shape index (κ3) is 11.0. The van der Waals surface area contributed by atoms with Crippen molar-refractivity contribution >= 4 is 65.3 Å². The van der Waals surface area contributed by atoms with Crippen LogP contribution in [0.3, 0.4) is 0 Å². The van der Waals surface area contributed by atoms with E-state index in [1.54, 1.807) is 30.5 Å². The number of nitrogens with zero attached hydrogens (tertiary/aromatic N) is 4. The molecular weight excluding hydrogens is 971 g/mol. The van der Waals surface area contributed by atoms with Crippen LogP contribution in [0.4, 0.5) is 24.5 Å². The zero-order valence-electron chi connectivity index (χ0n) is 38.7. The number of rotatable bonds is 13. The maximum Gasteiger partial charge on any atom is 0.501 e. The lowest BCUT2D eigenvalue weighted by Gasteiger charge is -2.39. The zero-order chi connectivity index (χ0) is 49.4. The Morgan fingerprint density at radius 2 is 1.63 bits per heavy atom. The number of morpholine rings is 1. The standard InChI is InChI=1S/C49H55ClF3N7O8S2/c1-48(2)28-41(32-6-8-35(50)9-7-32)34(31-67-48)30-58-18-20-59(21-19-58)38-14-15-40(42(27-38)68-39-26-33-16-17-54-46(33)55-29-39)47(61)57-70(64,65)44-5-3-4-43(69(62,63)49(51,52)53)45(44)56-36-10-12-37(13-11-36)60-22-24-66-25-23-60/h3-9,14-17,26-27,29,36-37,56H,10-13,18-25,28,30-31H2,1-2H3,(H,54,55)(H,57,61). The number of piperazine rings is 1. The van der Waals surface area contributed by atoms with Crippen LogP contribution in [0.1, 0.15) is 61.9 Å². The Balaban J connectivity index is 0.970. The first-order chi connectivity index (χ1) is 33.3. The number of nitrogens with one attached hydrogen (secondary N) is 3. The second-order valence-electron chi connectivity index (χ2n) is 18.8. The number of amides is 1. The summed E-state index contributed by atoms with van der Waals surface area (Å²) >= 11 is 6.22. The third-order valence-electron chi connectivity index (χ3n) is 13.5. The third-order valence-corrected chi connectivity index (χ3v) is 16.7. The molecule has 0 radical (unpaired) electrons. The van der Waals surface area contributed by atoms with Crippen LogP contribution in [0.25, 0.3) is 16.6 Å². The fraction of sp³-hybridized carbons (Fsp3) is 0.429. The smallest absolute Gasteiger partial charge is 0.455 e. The number of H-pyrrole nitrogens is 1. The van der Waals surface area contributed by atoms with Gasteiger partial charge in [0.05, 0.1) is 42.9 Å². The van der Waals surface area contributed by atoms with Gasteiger partial charge in [-0.15, -0.1) is 0 Å². The average Bonchev–Trinajstić information content (AvgIpc) is 3.81. The van der Waals surface area contributed by atoms with Crippen molar-refractivity contribution in [3.05, 3.63) is 107 Å². The van der Waals surface area contributed by atoms with Gasteiger partial charge in [0.2, 0.25) is 0 Å². The predicted molar refractivity (Wildman–Crippen MR) is 261 cm³/mol. The predicted octanol–water partition coefficient (Wildman–Crippen LogP) is 8.25. The maximum absolute atomic E-state index is 14.3. The highest BCUT2D eigenvalue weighted by Crippen LogP contribution is 2.41. The molecule has 5 heterocycles. The SMILES string of the molecule is CC1(C)CC(c2ccc(Cl)cc2)=C(CN2CCN(c3ccc(C(=O)NS(=O)(=O)c4cccc(S(=O)(=O)C(F)(F)F)c4NC4CCC(N5CCOCC5)CC4)c(Oc4cnc5[nH]ccc5c4)c3)CC2)CO1. The molecule has 3 N–H and O–H groups in total. The molecule has 0 unspecified atom stereocenters. The summed E-state index contributed by atoms with van der Waals surface area (Å²) in [5, 5.41) is 4.25. The van der Waals surface area contributed by atoms with Gasteiger partial charge in [0.1, 0.15) is 26.9 Å². The van der Waals surface area contributed by atoms with Crippen LogP contribution >= 0.6 is 11.6 Å². The van der Waals surface area contributed by atoms with Crippen molar-refractivity contribution in [2.24, 2.45) is 0 Å². The van der Waals surface area contributed by atoms with E-state index in [0.29, 0.717) is 106 Å². The number of halogens is 4. The number of pyridine rings is 1. The molecule has 3 fully saturated rings. The minimum atomic E-state index is -6.06. The lowest BCUT2D eigenvalue weighted by molar-refractivity contribution is -0.0436. The molecule has 4 aliphatic rings. The number of anilines is 2. The Hall–Kier alpha value is -5.22. The second-order valence-corrected chi connectivity index (χ2v) is 22.8. The van der Waals surface area contributed by atoms with Crippen molar-refractivity contribution in [3.8, 4) is 11.5 Å². The summed E-state index contributed by atoms with van der Waals surface area (Å²) in [6, 6.07) is 18.3. The van der Waals surface area contributed by atoms with Gasteiger partial charge in [-0.25, -0.2) is 26.5 Å². The van der Waals surface area contributed by atoms with Gasteiger partial charge in [0.15, 0.2) is 0 Å². The van der Waals surface area contributed by atoms with Gasteiger partial charge in [0.25, 0.3) is 25.8 Å². The van der Waals surface area contributed by atoms with Gasteiger partial charge in [-0.3, -0.25) is 14.6 Å². The number of ether oxygens (including phenoxy) is 3. The Bertz CT molecular complexity index is 2980. The number of aromatic nitrogens is 2. The summed E-state index contributed by atoms with van der Waals surface area (Å²) in [7, 11) is -11.1. The number of carbonyl (C=O) groups excluding carboxylic acids is 1. The van der Waals surface area contributed by atoms with Gasteiger partial charge in [-0.1, -0.05) is 29.8 Å². The van der Waals surface area contributed by atoms with Crippen LogP contribution in [-0.2, 0) is 29.3 Å². The van der Waals surface area contributed by atoms with Crippen molar-refractivity contribution < 1.29 is 49.0 Å². The van der Waals surface area contributed by atoms with E-state index in [2.05, 4.69) is 43.8 Å². The maximum atomic E-state index is 14.3. The number of sulfone groups is 1. The molecule has 1 aliphatic carbocycles. The highest BCUT2D eigenvalue weighted by Gasteiger charge is 2.49. The number of benzene rings is 3. The van der Waals surface area contributed by atoms with Gasteiger partial charge >= 0.3 is 5.51 Å². The molecule has 1 amide bonds. The van der Waals surface area contributed by atoms with Crippen LogP contribution in [0.15, 0.2) is 101 Å². The molecule has 374 valence electrons. The molecule has 1 saturated carbocycles. The van der Waals surface area contributed by atoms with Crippen molar-refractivity contribution in [2.75, 3.05) is 75.9 Å². The van der Waals surface area contributed by atoms with E-state index in [1.165, 1.54) is 23.4 Å².